The van der Waals surface area contributed by atoms with Gasteiger partial charge in [0.1, 0.15) is 4.90 Å². The van der Waals surface area contributed by atoms with Crippen molar-refractivity contribution in [3.63, 3.8) is 0 Å². The highest BCUT2D eigenvalue weighted by molar-refractivity contribution is 7.89. The van der Waals surface area contributed by atoms with Crippen molar-refractivity contribution >= 4 is 28.1 Å². The maximum atomic E-state index is 12.4. The average molecular weight is 343 g/mol. The molecule has 1 unspecified atom stereocenters. The molecular weight excluding hydrogens is 324 g/mol. The van der Waals surface area contributed by atoms with Gasteiger partial charge in [-0.3, -0.25) is 4.68 Å². The SMILES string of the molecule is Cl.Cn1cc(S(=O)(=O)NC2CCCc3cc(N)ccc32)cn1. The van der Waals surface area contributed by atoms with Crippen molar-refractivity contribution in [3.8, 4) is 0 Å². The van der Waals surface area contributed by atoms with E-state index in [-0.39, 0.29) is 23.3 Å². The Morgan fingerprint density at radius 3 is 2.86 bits per heavy atom. The molecule has 6 nitrogen and oxygen atoms in total. The first kappa shape index (κ1) is 16.8. The molecule has 2 aromatic rings. The summed E-state index contributed by atoms with van der Waals surface area (Å²) in [5.74, 6) is 0. The van der Waals surface area contributed by atoms with Gasteiger partial charge in [-0.2, -0.15) is 5.10 Å². The van der Waals surface area contributed by atoms with Gasteiger partial charge < -0.3 is 5.73 Å². The number of nitrogens with two attached hydrogens (primary N) is 1. The lowest BCUT2D eigenvalue weighted by atomic mass is 9.88. The molecule has 1 aliphatic carbocycles. The Balaban J connectivity index is 0.00000176. The second kappa shape index (κ2) is 6.28. The van der Waals surface area contributed by atoms with E-state index in [1.165, 1.54) is 17.1 Å². The molecule has 1 heterocycles. The van der Waals surface area contributed by atoms with E-state index < -0.39 is 10.0 Å². The predicted octanol–water partition coefficient (Wildman–Crippen LogP) is 1.78. The summed E-state index contributed by atoms with van der Waals surface area (Å²) in [6.45, 7) is 0. The van der Waals surface area contributed by atoms with Gasteiger partial charge >= 0.3 is 0 Å². The van der Waals surface area contributed by atoms with Crippen LogP contribution in [-0.2, 0) is 23.5 Å². The molecule has 0 spiro atoms. The van der Waals surface area contributed by atoms with Gasteiger partial charge in [-0.25, -0.2) is 13.1 Å². The third-order valence-electron chi connectivity index (χ3n) is 3.77. The molecule has 0 fully saturated rings. The largest absolute Gasteiger partial charge is 0.399 e. The molecule has 1 atom stereocenters. The number of nitrogen functional groups attached to an aromatic ring is 1. The minimum atomic E-state index is -3.56. The number of halogens is 1. The number of nitrogens with one attached hydrogen (secondary N) is 1. The fourth-order valence-corrected chi connectivity index (χ4v) is 3.98. The Hall–Kier alpha value is -1.57. The summed E-state index contributed by atoms with van der Waals surface area (Å²) in [7, 11) is -1.86. The maximum Gasteiger partial charge on any atom is 0.244 e. The van der Waals surface area contributed by atoms with Crippen LogP contribution in [0.2, 0.25) is 0 Å². The van der Waals surface area contributed by atoms with Crippen LogP contribution >= 0.6 is 12.4 Å². The van der Waals surface area contributed by atoms with Crippen LogP contribution in [0, 0.1) is 0 Å². The van der Waals surface area contributed by atoms with Gasteiger partial charge in [-0.1, -0.05) is 6.07 Å². The zero-order valence-corrected chi connectivity index (χ0v) is 13.8. The monoisotopic (exact) mass is 342 g/mol. The maximum absolute atomic E-state index is 12.4. The van der Waals surface area contributed by atoms with E-state index in [0.717, 1.165) is 30.4 Å². The fraction of sp³-hybridized carbons (Fsp3) is 0.357. The Bertz CT molecular complexity index is 773. The Morgan fingerprint density at radius 2 is 2.18 bits per heavy atom. The quantitative estimate of drug-likeness (QED) is 0.832. The average Bonchev–Trinajstić information content (AvgIpc) is 2.86. The van der Waals surface area contributed by atoms with Crippen molar-refractivity contribution in [3.05, 3.63) is 41.7 Å². The van der Waals surface area contributed by atoms with Crippen molar-refractivity contribution in [2.24, 2.45) is 7.05 Å². The summed E-state index contributed by atoms with van der Waals surface area (Å²) in [5, 5.41) is 3.91. The molecule has 0 bridgehead atoms. The van der Waals surface area contributed by atoms with Crippen LogP contribution in [0.15, 0.2) is 35.5 Å². The molecule has 1 aliphatic rings. The van der Waals surface area contributed by atoms with Gasteiger partial charge in [0.25, 0.3) is 0 Å². The van der Waals surface area contributed by atoms with Gasteiger partial charge in [0, 0.05) is 25.0 Å². The summed E-state index contributed by atoms with van der Waals surface area (Å²) in [5.41, 5.74) is 8.65. The molecule has 8 heteroatoms. The number of anilines is 1. The molecule has 1 aromatic heterocycles. The first-order valence-corrected chi connectivity index (χ1v) is 8.33. The number of hydrogen-bond donors (Lipinski definition) is 2. The minimum absolute atomic E-state index is 0. The zero-order valence-electron chi connectivity index (χ0n) is 12.2. The predicted molar refractivity (Wildman–Crippen MR) is 87.3 cm³/mol. The van der Waals surface area contributed by atoms with E-state index in [1.54, 1.807) is 7.05 Å². The highest BCUT2D eigenvalue weighted by Gasteiger charge is 2.26. The summed E-state index contributed by atoms with van der Waals surface area (Å²) in [4.78, 5) is 0.188. The first-order chi connectivity index (χ1) is 9.95. The summed E-state index contributed by atoms with van der Waals surface area (Å²) in [6.07, 6.45) is 5.52. The lowest BCUT2D eigenvalue weighted by Crippen LogP contribution is -2.31. The van der Waals surface area contributed by atoms with E-state index in [9.17, 15) is 8.42 Å². The standard InChI is InChI=1S/C14H18N4O2S.ClH/c1-18-9-12(8-16-18)21(19,20)17-14-4-2-3-10-7-11(15)5-6-13(10)14;/h5-9,14,17H,2-4,15H2,1H3;1H. The normalized spacial score (nSPS) is 17.6. The van der Waals surface area contributed by atoms with E-state index in [2.05, 4.69) is 9.82 Å². The Labute approximate surface area is 136 Å². The molecule has 0 radical (unpaired) electrons. The number of nitrogens with zero attached hydrogens (tertiary/aromatic N) is 2. The van der Waals surface area contributed by atoms with E-state index in [1.807, 2.05) is 18.2 Å². The van der Waals surface area contributed by atoms with Crippen LogP contribution in [0.4, 0.5) is 5.69 Å². The fourth-order valence-electron chi connectivity index (χ4n) is 2.75. The highest BCUT2D eigenvalue weighted by Crippen LogP contribution is 2.32. The number of sulfonamides is 1. The molecule has 0 amide bonds. The lowest BCUT2D eigenvalue weighted by molar-refractivity contribution is 0.507. The van der Waals surface area contributed by atoms with Gasteiger partial charge in [0.2, 0.25) is 10.0 Å². The van der Waals surface area contributed by atoms with Crippen molar-refractivity contribution in [2.45, 2.75) is 30.2 Å². The topological polar surface area (TPSA) is 90.0 Å². The molecule has 0 saturated carbocycles. The van der Waals surface area contributed by atoms with E-state index >= 15 is 0 Å². The van der Waals surface area contributed by atoms with Gasteiger partial charge in [-0.15, -0.1) is 12.4 Å². The highest BCUT2D eigenvalue weighted by atomic mass is 35.5. The number of hydrogen-bond acceptors (Lipinski definition) is 4. The van der Waals surface area contributed by atoms with E-state index in [0.29, 0.717) is 5.69 Å². The van der Waals surface area contributed by atoms with Crippen molar-refractivity contribution < 1.29 is 8.42 Å². The first-order valence-electron chi connectivity index (χ1n) is 6.85. The van der Waals surface area contributed by atoms with Gasteiger partial charge in [0.05, 0.1) is 6.20 Å². The van der Waals surface area contributed by atoms with E-state index in [4.69, 9.17) is 5.73 Å². The van der Waals surface area contributed by atoms with Crippen LogP contribution in [0.3, 0.4) is 0 Å². The molecular formula is C14H19ClN4O2S. The summed E-state index contributed by atoms with van der Waals surface area (Å²) < 4.78 is 29.1. The third kappa shape index (κ3) is 3.26. The van der Waals surface area contributed by atoms with Gasteiger partial charge in [-0.05, 0) is 42.5 Å². The number of benzene rings is 1. The molecule has 0 saturated heterocycles. The molecule has 0 aliphatic heterocycles. The number of fused-ring (bicyclic) bond motifs is 1. The van der Waals surface area contributed by atoms with Gasteiger partial charge in [0.15, 0.2) is 0 Å². The second-order valence-corrected chi connectivity index (χ2v) is 7.09. The minimum Gasteiger partial charge on any atom is -0.399 e. The Morgan fingerprint density at radius 1 is 1.41 bits per heavy atom. The number of aryl methyl sites for hydroxylation is 2. The van der Waals surface area contributed by atoms with Crippen molar-refractivity contribution in [1.29, 1.82) is 0 Å². The smallest absolute Gasteiger partial charge is 0.244 e. The number of aromatic nitrogens is 2. The number of rotatable bonds is 3. The molecule has 3 rings (SSSR count). The lowest BCUT2D eigenvalue weighted by Gasteiger charge is -2.26. The molecule has 1 aromatic carbocycles. The van der Waals surface area contributed by atoms with Crippen LogP contribution in [0.5, 0.6) is 0 Å². The van der Waals surface area contributed by atoms with Crippen LogP contribution < -0.4 is 10.5 Å². The second-order valence-electron chi connectivity index (χ2n) is 5.37. The van der Waals surface area contributed by atoms with Crippen molar-refractivity contribution in [2.75, 3.05) is 5.73 Å². The zero-order chi connectivity index (χ0) is 15.0. The van der Waals surface area contributed by atoms with Crippen LogP contribution in [-0.4, -0.2) is 18.2 Å². The van der Waals surface area contributed by atoms with Crippen LogP contribution in [0.25, 0.3) is 0 Å². The summed E-state index contributed by atoms with van der Waals surface area (Å²) in [6, 6.07) is 5.45. The molecule has 3 N–H and O–H groups in total. The Kier molecular flexibility index (Phi) is 4.79. The van der Waals surface area contributed by atoms with Crippen LogP contribution in [0.1, 0.15) is 30.0 Å². The molecule has 22 heavy (non-hydrogen) atoms. The third-order valence-corrected chi connectivity index (χ3v) is 5.20. The van der Waals surface area contributed by atoms with Crippen molar-refractivity contribution in [1.82, 2.24) is 14.5 Å². The molecule has 120 valence electrons. The summed E-state index contributed by atoms with van der Waals surface area (Å²) >= 11 is 0.